The number of rotatable bonds is 4. The maximum absolute atomic E-state index is 14.1. The predicted molar refractivity (Wildman–Crippen MR) is 87.8 cm³/mol. The smallest absolute Gasteiger partial charge is 0.251 e. The number of aryl methyl sites for hydroxylation is 1. The molecule has 0 aromatic heterocycles. The molecule has 23 heavy (non-hydrogen) atoms. The first-order valence-electron chi connectivity index (χ1n) is 7.86. The molecule has 0 spiro atoms. The van der Waals surface area contributed by atoms with Gasteiger partial charge in [0.2, 0.25) is 0 Å². The molecule has 3 nitrogen and oxygen atoms in total. The van der Waals surface area contributed by atoms with Crippen molar-refractivity contribution in [3.63, 3.8) is 0 Å². The van der Waals surface area contributed by atoms with E-state index in [4.69, 9.17) is 4.74 Å². The van der Waals surface area contributed by atoms with Crippen LogP contribution in [0.2, 0.25) is 0 Å². The van der Waals surface area contributed by atoms with Gasteiger partial charge < -0.3 is 10.1 Å². The number of nitrogens with one attached hydrogen (secondary N) is 1. The average Bonchev–Trinajstić information content (AvgIpc) is 3.09. The lowest BCUT2D eigenvalue weighted by Crippen LogP contribution is -2.29. The summed E-state index contributed by atoms with van der Waals surface area (Å²) in [7, 11) is 0. The lowest BCUT2D eigenvalue weighted by molar-refractivity contribution is 0.0945. The van der Waals surface area contributed by atoms with Crippen LogP contribution in [0.25, 0.3) is 11.1 Å². The van der Waals surface area contributed by atoms with Crippen LogP contribution >= 0.6 is 0 Å². The second-order valence-corrected chi connectivity index (χ2v) is 5.95. The molecule has 0 bridgehead atoms. The summed E-state index contributed by atoms with van der Waals surface area (Å²) < 4.78 is 19.4. The normalized spacial score (nSPS) is 17.2. The first-order chi connectivity index (χ1) is 11.1. The van der Waals surface area contributed by atoms with Gasteiger partial charge in [0.15, 0.2) is 0 Å². The highest BCUT2D eigenvalue weighted by molar-refractivity contribution is 5.94. The second-order valence-electron chi connectivity index (χ2n) is 5.95. The zero-order valence-electron chi connectivity index (χ0n) is 13.1. The van der Waals surface area contributed by atoms with Gasteiger partial charge in [-0.05, 0) is 36.6 Å². The van der Waals surface area contributed by atoms with Crippen LogP contribution in [-0.4, -0.2) is 25.7 Å². The van der Waals surface area contributed by atoms with Crippen molar-refractivity contribution in [2.45, 2.75) is 13.3 Å². The quantitative estimate of drug-likeness (QED) is 0.937. The van der Waals surface area contributed by atoms with E-state index in [0.29, 0.717) is 35.8 Å². The number of carbonyl (C=O) groups excluding carboxylic acids is 1. The largest absolute Gasteiger partial charge is 0.381 e. The number of hydrogen-bond acceptors (Lipinski definition) is 2. The van der Waals surface area contributed by atoms with Gasteiger partial charge >= 0.3 is 0 Å². The molecule has 0 unspecified atom stereocenters. The molecule has 0 aliphatic carbocycles. The molecule has 4 heteroatoms. The molecule has 1 fully saturated rings. The standard InChI is InChI=1S/C19H20FNO2/c1-13-3-2-4-17(18(13)20)15-5-7-16(8-6-15)19(22)21-11-14-9-10-23-12-14/h2-8,14H,9-12H2,1H3,(H,21,22)/t14-/m1/s1. The summed E-state index contributed by atoms with van der Waals surface area (Å²) >= 11 is 0. The first kappa shape index (κ1) is 15.7. The predicted octanol–water partition coefficient (Wildman–Crippen LogP) is 3.57. The van der Waals surface area contributed by atoms with E-state index in [9.17, 15) is 9.18 Å². The second kappa shape index (κ2) is 6.92. The number of benzene rings is 2. The highest BCUT2D eigenvalue weighted by Crippen LogP contribution is 2.25. The van der Waals surface area contributed by atoms with Crippen molar-refractivity contribution >= 4 is 5.91 Å². The molecule has 120 valence electrons. The topological polar surface area (TPSA) is 38.3 Å². The zero-order chi connectivity index (χ0) is 16.2. The Morgan fingerprint density at radius 3 is 2.74 bits per heavy atom. The summed E-state index contributed by atoms with van der Waals surface area (Å²) in [6.45, 7) is 3.86. The molecule has 0 saturated carbocycles. The molecule has 1 N–H and O–H groups in total. The van der Waals surface area contributed by atoms with Gasteiger partial charge in [0, 0.05) is 30.2 Å². The van der Waals surface area contributed by atoms with Crippen molar-refractivity contribution in [3.05, 3.63) is 59.4 Å². The van der Waals surface area contributed by atoms with Crippen LogP contribution in [0.5, 0.6) is 0 Å². The van der Waals surface area contributed by atoms with Gasteiger partial charge in [0.25, 0.3) is 5.91 Å². The van der Waals surface area contributed by atoms with E-state index in [1.54, 1.807) is 43.3 Å². The molecule has 0 radical (unpaired) electrons. The minimum atomic E-state index is -0.217. The number of ether oxygens (including phenoxy) is 1. The molecule has 1 heterocycles. The Morgan fingerprint density at radius 2 is 2.04 bits per heavy atom. The van der Waals surface area contributed by atoms with E-state index >= 15 is 0 Å². The van der Waals surface area contributed by atoms with Crippen molar-refractivity contribution in [1.29, 1.82) is 0 Å². The lowest BCUT2D eigenvalue weighted by Gasteiger charge is -2.10. The van der Waals surface area contributed by atoms with Crippen molar-refractivity contribution in [1.82, 2.24) is 5.32 Å². The summed E-state index contributed by atoms with van der Waals surface area (Å²) in [5.74, 6) is 0.0821. The molecule has 1 amide bonds. The number of hydrogen-bond donors (Lipinski definition) is 1. The van der Waals surface area contributed by atoms with Crippen LogP contribution in [0.4, 0.5) is 4.39 Å². The average molecular weight is 313 g/mol. The SMILES string of the molecule is Cc1cccc(-c2ccc(C(=O)NC[C@H]3CCOC3)cc2)c1F. The van der Waals surface area contributed by atoms with E-state index in [1.807, 2.05) is 6.07 Å². The number of carbonyl (C=O) groups is 1. The van der Waals surface area contributed by atoms with Crippen LogP contribution < -0.4 is 5.32 Å². The van der Waals surface area contributed by atoms with Crippen LogP contribution in [0.1, 0.15) is 22.3 Å². The van der Waals surface area contributed by atoms with E-state index < -0.39 is 0 Å². The highest BCUT2D eigenvalue weighted by atomic mass is 19.1. The molecular formula is C19H20FNO2. The summed E-state index contributed by atoms with van der Waals surface area (Å²) in [5, 5.41) is 2.93. The van der Waals surface area contributed by atoms with Gasteiger partial charge in [-0.1, -0.05) is 30.3 Å². The van der Waals surface area contributed by atoms with Crippen molar-refractivity contribution < 1.29 is 13.9 Å². The molecular weight excluding hydrogens is 293 g/mol. The number of halogens is 1. The fraction of sp³-hybridized carbons (Fsp3) is 0.316. The Bertz CT molecular complexity index is 691. The van der Waals surface area contributed by atoms with Crippen molar-refractivity contribution in [2.75, 3.05) is 19.8 Å². The Hall–Kier alpha value is -2.20. The molecule has 3 rings (SSSR count). The van der Waals surface area contributed by atoms with E-state index in [-0.39, 0.29) is 11.7 Å². The maximum atomic E-state index is 14.1. The van der Waals surface area contributed by atoms with Crippen LogP contribution in [0, 0.1) is 18.7 Å². The maximum Gasteiger partial charge on any atom is 0.251 e. The van der Waals surface area contributed by atoms with Gasteiger partial charge in [0.1, 0.15) is 5.82 Å². The van der Waals surface area contributed by atoms with E-state index in [1.165, 1.54) is 0 Å². The van der Waals surface area contributed by atoms with Crippen LogP contribution in [0.3, 0.4) is 0 Å². The van der Waals surface area contributed by atoms with E-state index in [0.717, 1.165) is 18.6 Å². The minimum Gasteiger partial charge on any atom is -0.381 e. The molecule has 1 aliphatic heterocycles. The number of amides is 1. The third kappa shape index (κ3) is 3.59. The Balaban J connectivity index is 1.68. The molecule has 1 aliphatic rings. The monoisotopic (exact) mass is 313 g/mol. The molecule has 2 aromatic rings. The lowest BCUT2D eigenvalue weighted by atomic mass is 10.0. The third-order valence-corrected chi connectivity index (χ3v) is 4.23. The van der Waals surface area contributed by atoms with Gasteiger partial charge in [0.05, 0.1) is 6.61 Å². The van der Waals surface area contributed by atoms with Crippen LogP contribution in [-0.2, 0) is 4.74 Å². The summed E-state index contributed by atoms with van der Waals surface area (Å²) in [6.07, 6.45) is 0.992. The van der Waals surface area contributed by atoms with Crippen LogP contribution in [0.15, 0.2) is 42.5 Å². The van der Waals surface area contributed by atoms with E-state index in [2.05, 4.69) is 5.32 Å². The fourth-order valence-electron chi connectivity index (χ4n) is 2.75. The molecule has 1 saturated heterocycles. The van der Waals surface area contributed by atoms with Gasteiger partial charge in [-0.2, -0.15) is 0 Å². The Kier molecular flexibility index (Phi) is 4.72. The summed E-state index contributed by atoms with van der Waals surface area (Å²) in [4.78, 5) is 12.1. The fourth-order valence-corrected chi connectivity index (χ4v) is 2.75. The zero-order valence-corrected chi connectivity index (χ0v) is 13.1. The van der Waals surface area contributed by atoms with Crippen molar-refractivity contribution in [2.24, 2.45) is 5.92 Å². The minimum absolute atomic E-state index is 0.104. The molecule has 1 atom stereocenters. The Morgan fingerprint density at radius 1 is 1.26 bits per heavy atom. The summed E-state index contributed by atoms with van der Waals surface area (Å²) in [5.41, 5.74) is 2.52. The van der Waals surface area contributed by atoms with Gasteiger partial charge in [-0.25, -0.2) is 4.39 Å². The first-order valence-corrected chi connectivity index (χ1v) is 7.86. The van der Waals surface area contributed by atoms with Gasteiger partial charge in [-0.3, -0.25) is 4.79 Å². The Labute approximate surface area is 135 Å². The summed E-state index contributed by atoms with van der Waals surface area (Å²) in [6, 6.07) is 12.4. The van der Waals surface area contributed by atoms with Crippen molar-refractivity contribution in [3.8, 4) is 11.1 Å². The molecule has 2 aromatic carbocycles. The van der Waals surface area contributed by atoms with Gasteiger partial charge in [-0.15, -0.1) is 0 Å². The highest BCUT2D eigenvalue weighted by Gasteiger charge is 2.17. The third-order valence-electron chi connectivity index (χ3n) is 4.23.